The predicted octanol–water partition coefficient (Wildman–Crippen LogP) is 11.0. The van der Waals surface area contributed by atoms with Gasteiger partial charge in [-0.15, -0.1) is 0 Å². The molecule has 1 aliphatic carbocycles. The molecule has 0 saturated heterocycles. The Morgan fingerprint density at radius 3 is 1.95 bits per heavy atom. The zero-order valence-electron chi connectivity index (χ0n) is 24.8. The number of fused-ring (bicyclic) bond motifs is 7. The van der Waals surface area contributed by atoms with Gasteiger partial charge in [0, 0.05) is 21.6 Å². The van der Waals surface area contributed by atoms with Crippen molar-refractivity contribution in [2.75, 3.05) is 0 Å². The van der Waals surface area contributed by atoms with Crippen LogP contribution in [0.4, 0.5) is 0 Å². The molecule has 0 saturated carbocycles. The van der Waals surface area contributed by atoms with Crippen LogP contribution in [0.3, 0.4) is 0 Å². The van der Waals surface area contributed by atoms with Crippen molar-refractivity contribution in [2.45, 2.75) is 19.3 Å². The van der Waals surface area contributed by atoms with Crippen molar-refractivity contribution in [3.05, 3.63) is 157 Å². The summed E-state index contributed by atoms with van der Waals surface area (Å²) in [6.45, 7) is 4.70. The largest absolute Gasteiger partial charge is 0.294 e. The van der Waals surface area contributed by atoms with Crippen LogP contribution in [0, 0.1) is 0 Å². The van der Waals surface area contributed by atoms with E-state index >= 15 is 0 Å². The number of pyridine rings is 1. The zero-order valence-corrected chi connectivity index (χ0v) is 24.8. The van der Waals surface area contributed by atoms with Gasteiger partial charge in [0.1, 0.15) is 5.82 Å². The van der Waals surface area contributed by atoms with Crippen LogP contribution in [-0.4, -0.2) is 9.55 Å². The molecule has 0 aliphatic heterocycles. The second kappa shape index (κ2) is 9.26. The summed E-state index contributed by atoms with van der Waals surface area (Å²) in [4.78, 5) is 5.30. The molecule has 0 N–H and O–H groups in total. The van der Waals surface area contributed by atoms with Gasteiger partial charge in [-0.3, -0.25) is 4.57 Å². The summed E-state index contributed by atoms with van der Waals surface area (Å²) in [6.07, 6.45) is 0. The van der Waals surface area contributed by atoms with Gasteiger partial charge in [0.25, 0.3) is 0 Å². The van der Waals surface area contributed by atoms with E-state index in [0.29, 0.717) is 0 Å². The maximum atomic E-state index is 5.30. The van der Waals surface area contributed by atoms with Crippen molar-refractivity contribution in [2.24, 2.45) is 0 Å². The first-order chi connectivity index (χ1) is 21.6. The normalized spacial score (nSPS) is 13.4. The minimum Gasteiger partial charge on any atom is -0.294 e. The van der Waals surface area contributed by atoms with E-state index in [4.69, 9.17) is 4.98 Å². The van der Waals surface area contributed by atoms with Crippen LogP contribution < -0.4 is 0 Å². The fourth-order valence-corrected chi connectivity index (χ4v) is 7.40. The Morgan fingerprint density at radius 1 is 0.455 bits per heavy atom. The maximum Gasteiger partial charge on any atom is 0.138 e. The van der Waals surface area contributed by atoms with Gasteiger partial charge in [0.05, 0.1) is 16.6 Å². The van der Waals surface area contributed by atoms with E-state index in [1.165, 1.54) is 66.3 Å². The molecule has 2 heterocycles. The predicted molar refractivity (Wildman–Crippen MR) is 185 cm³/mol. The molecule has 2 nitrogen and oxygen atoms in total. The van der Waals surface area contributed by atoms with Gasteiger partial charge >= 0.3 is 0 Å². The van der Waals surface area contributed by atoms with Gasteiger partial charge in [0.15, 0.2) is 0 Å². The van der Waals surface area contributed by atoms with Crippen LogP contribution in [0.2, 0.25) is 0 Å². The summed E-state index contributed by atoms with van der Waals surface area (Å²) in [6, 6.07) is 52.7. The van der Waals surface area contributed by atoms with E-state index in [0.717, 1.165) is 16.7 Å². The van der Waals surface area contributed by atoms with Crippen LogP contribution in [-0.2, 0) is 5.41 Å². The number of nitrogens with zero attached hydrogens (tertiary/aromatic N) is 2. The summed E-state index contributed by atoms with van der Waals surface area (Å²) in [5, 5.41) is 3.67. The molecule has 0 radical (unpaired) electrons. The van der Waals surface area contributed by atoms with E-state index in [9.17, 15) is 0 Å². The van der Waals surface area contributed by atoms with Gasteiger partial charge in [-0.2, -0.15) is 0 Å². The monoisotopic (exact) mass is 562 g/mol. The van der Waals surface area contributed by atoms with Crippen molar-refractivity contribution in [1.82, 2.24) is 9.55 Å². The highest BCUT2D eigenvalue weighted by Gasteiger charge is 2.36. The lowest BCUT2D eigenvalue weighted by molar-refractivity contribution is 0.661. The molecule has 0 fully saturated rings. The highest BCUT2D eigenvalue weighted by Crippen LogP contribution is 2.51. The Hall–Kier alpha value is -5.47. The molecule has 0 atom stereocenters. The number of hydrogen-bond acceptors (Lipinski definition) is 1. The van der Waals surface area contributed by atoms with Crippen molar-refractivity contribution in [3.8, 4) is 39.2 Å². The highest BCUT2D eigenvalue weighted by atomic mass is 15.1. The fraction of sp³-hybridized carbons (Fsp3) is 0.0714. The van der Waals surface area contributed by atoms with E-state index in [-0.39, 0.29) is 5.41 Å². The topological polar surface area (TPSA) is 17.8 Å². The third kappa shape index (κ3) is 3.58. The van der Waals surface area contributed by atoms with E-state index < -0.39 is 0 Å². The third-order valence-electron chi connectivity index (χ3n) is 9.61. The Morgan fingerprint density at radius 2 is 1.11 bits per heavy atom. The summed E-state index contributed by atoms with van der Waals surface area (Å²) >= 11 is 0. The van der Waals surface area contributed by atoms with Crippen LogP contribution >= 0.6 is 0 Å². The van der Waals surface area contributed by atoms with Crippen LogP contribution in [0.25, 0.3) is 71.9 Å². The molecule has 0 bridgehead atoms. The summed E-state index contributed by atoms with van der Waals surface area (Å²) in [5.74, 6) is 0.933. The molecule has 8 aromatic rings. The molecule has 1 aliphatic rings. The number of rotatable bonds is 3. The van der Waals surface area contributed by atoms with E-state index in [1.54, 1.807) is 0 Å². The van der Waals surface area contributed by atoms with Gasteiger partial charge in [-0.25, -0.2) is 4.98 Å². The summed E-state index contributed by atoms with van der Waals surface area (Å²) in [5.41, 5.74) is 13.5. The average molecular weight is 563 g/mol. The van der Waals surface area contributed by atoms with Crippen LogP contribution in [0.1, 0.15) is 25.0 Å². The van der Waals surface area contributed by atoms with Crippen molar-refractivity contribution in [3.63, 3.8) is 0 Å². The van der Waals surface area contributed by atoms with Crippen molar-refractivity contribution < 1.29 is 0 Å². The van der Waals surface area contributed by atoms with E-state index in [1.807, 2.05) is 0 Å². The Labute approximate surface area is 256 Å². The molecular weight excluding hydrogens is 532 g/mol. The second-order valence-corrected chi connectivity index (χ2v) is 12.4. The van der Waals surface area contributed by atoms with Gasteiger partial charge in [-0.05, 0) is 74.8 Å². The van der Waals surface area contributed by atoms with Crippen LogP contribution in [0.5, 0.6) is 0 Å². The lowest BCUT2D eigenvalue weighted by Crippen LogP contribution is -2.14. The van der Waals surface area contributed by atoms with Gasteiger partial charge in [-0.1, -0.05) is 129 Å². The Kier molecular flexibility index (Phi) is 5.28. The molecule has 208 valence electrons. The first-order valence-corrected chi connectivity index (χ1v) is 15.3. The zero-order chi connectivity index (χ0) is 29.4. The second-order valence-electron chi connectivity index (χ2n) is 12.4. The SMILES string of the molecule is CC1(C)c2ccccc2-c2cc3c(cc21)c1ccccc1n3-c1cc(-c2ccc(-c3ccccc3)cc2)c2ccccc2n1. The fourth-order valence-electron chi connectivity index (χ4n) is 7.40. The van der Waals surface area contributed by atoms with Gasteiger partial charge < -0.3 is 0 Å². The first-order valence-electron chi connectivity index (χ1n) is 15.3. The third-order valence-corrected chi connectivity index (χ3v) is 9.61. The minimum absolute atomic E-state index is 0.0520. The quantitative estimate of drug-likeness (QED) is 0.209. The van der Waals surface area contributed by atoms with Crippen LogP contribution in [0.15, 0.2) is 146 Å². The lowest BCUT2D eigenvalue weighted by atomic mass is 9.82. The molecule has 0 unspecified atom stereocenters. The molecule has 0 spiro atoms. The number of benzene rings is 6. The smallest absolute Gasteiger partial charge is 0.138 e. The molecule has 6 aromatic carbocycles. The Balaban J connectivity index is 1.31. The number of hydrogen-bond donors (Lipinski definition) is 0. The first kappa shape index (κ1) is 25.1. The van der Waals surface area contributed by atoms with E-state index in [2.05, 4.69) is 164 Å². The van der Waals surface area contributed by atoms with Gasteiger partial charge in [0.2, 0.25) is 0 Å². The lowest BCUT2D eigenvalue weighted by Gasteiger charge is -2.21. The highest BCUT2D eigenvalue weighted by molar-refractivity contribution is 6.11. The maximum absolute atomic E-state index is 5.30. The standard InChI is InChI=1S/C42H30N2/c1-42(2)36-17-9-6-14-30(36)34-25-40-35(24-37(34)42)32-16-8-11-19-39(32)44(40)41-26-33(31-15-7-10-18-38(31)43-41)29-22-20-28(21-23-29)27-12-4-3-5-13-27/h3-26H,1-2H3. The molecule has 44 heavy (non-hydrogen) atoms. The molecule has 9 rings (SSSR count). The Bertz CT molecular complexity index is 2390. The number of para-hydroxylation sites is 2. The molecule has 2 heteroatoms. The summed E-state index contributed by atoms with van der Waals surface area (Å²) < 4.78 is 2.37. The van der Waals surface area contributed by atoms with Crippen molar-refractivity contribution in [1.29, 1.82) is 0 Å². The minimum atomic E-state index is -0.0520. The average Bonchev–Trinajstić information content (AvgIpc) is 3.52. The number of aromatic nitrogens is 2. The molecule has 2 aromatic heterocycles. The van der Waals surface area contributed by atoms with Crippen molar-refractivity contribution >= 4 is 32.7 Å². The summed E-state index contributed by atoms with van der Waals surface area (Å²) in [7, 11) is 0. The molecule has 0 amide bonds. The molecular formula is C42H30N2.